The Kier molecular flexibility index (Phi) is 5.92. The van der Waals surface area contributed by atoms with E-state index in [1.165, 1.54) is 16.3 Å². The van der Waals surface area contributed by atoms with Crippen molar-refractivity contribution in [2.45, 2.75) is 24.2 Å². The zero-order valence-electron chi connectivity index (χ0n) is 16.1. The topological polar surface area (TPSA) is 80.9 Å². The van der Waals surface area contributed by atoms with Gasteiger partial charge in [-0.2, -0.15) is 0 Å². The van der Waals surface area contributed by atoms with E-state index in [1.54, 1.807) is 19.1 Å². The third-order valence-corrected chi connectivity index (χ3v) is 6.00. The van der Waals surface area contributed by atoms with Gasteiger partial charge in [-0.3, -0.25) is 9.36 Å². The molecule has 2 heterocycles. The molecule has 0 fully saturated rings. The highest BCUT2D eigenvalue weighted by Gasteiger charge is 2.13. The molecular formula is C22H18ClN3O3S. The van der Waals surface area contributed by atoms with E-state index in [1.807, 2.05) is 48.5 Å². The van der Waals surface area contributed by atoms with E-state index >= 15 is 0 Å². The molecule has 4 aromatic rings. The molecule has 0 spiro atoms. The van der Waals surface area contributed by atoms with E-state index in [0.29, 0.717) is 32.8 Å². The molecule has 1 N–H and O–H groups in total. The van der Waals surface area contributed by atoms with Crippen LogP contribution in [0.2, 0.25) is 5.02 Å². The first-order valence-electron chi connectivity index (χ1n) is 9.23. The van der Waals surface area contributed by atoms with Crippen LogP contribution in [0.5, 0.6) is 0 Å². The first kappa shape index (κ1) is 20.3. The van der Waals surface area contributed by atoms with Crippen LogP contribution in [-0.4, -0.2) is 14.7 Å². The number of hydrogen-bond donors (Lipinski definition) is 1. The number of aromatic nitrogens is 3. The van der Waals surface area contributed by atoms with Gasteiger partial charge in [0.25, 0.3) is 5.56 Å². The average Bonchev–Trinajstić information content (AvgIpc) is 3.23. The fraction of sp³-hybridized carbons (Fsp3) is 0.136. The smallest absolute Gasteiger partial charge is 0.329 e. The lowest BCUT2D eigenvalue weighted by atomic mass is 10.2. The second-order valence-corrected chi connectivity index (χ2v) is 8.16. The molecule has 0 saturated heterocycles. The number of hydrogen-bond acceptors (Lipinski definition) is 5. The summed E-state index contributed by atoms with van der Waals surface area (Å²) in [5.41, 5.74) is 2.24. The largest absolute Gasteiger partial charge is 0.356 e. The number of thioether (sulfide) groups is 1. The maximum Gasteiger partial charge on any atom is 0.329 e. The summed E-state index contributed by atoms with van der Waals surface area (Å²) in [6.45, 7) is 1.94. The Hall–Kier alpha value is -3.03. The van der Waals surface area contributed by atoms with Gasteiger partial charge in [0.05, 0.1) is 17.3 Å². The van der Waals surface area contributed by atoms with Gasteiger partial charge in [0.1, 0.15) is 0 Å². The van der Waals surface area contributed by atoms with E-state index in [-0.39, 0.29) is 12.1 Å². The van der Waals surface area contributed by atoms with Gasteiger partial charge in [-0.05, 0) is 36.8 Å². The van der Waals surface area contributed by atoms with Crippen LogP contribution in [0.25, 0.3) is 11.3 Å². The van der Waals surface area contributed by atoms with Gasteiger partial charge in [-0.25, -0.2) is 4.79 Å². The lowest BCUT2D eigenvalue weighted by Gasteiger charge is -2.09. The summed E-state index contributed by atoms with van der Waals surface area (Å²) in [4.78, 5) is 28.0. The number of aromatic amines is 1. The van der Waals surface area contributed by atoms with Crippen LogP contribution in [-0.2, 0) is 12.3 Å². The Morgan fingerprint density at radius 3 is 2.57 bits per heavy atom. The van der Waals surface area contributed by atoms with Crippen molar-refractivity contribution in [3.05, 3.63) is 103 Å². The highest BCUT2D eigenvalue weighted by molar-refractivity contribution is 7.98. The molecule has 0 amide bonds. The zero-order valence-corrected chi connectivity index (χ0v) is 17.7. The second-order valence-electron chi connectivity index (χ2n) is 6.74. The van der Waals surface area contributed by atoms with Gasteiger partial charge in [0, 0.05) is 28.0 Å². The van der Waals surface area contributed by atoms with E-state index in [4.69, 9.17) is 16.1 Å². The molecule has 8 heteroatoms. The van der Waals surface area contributed by atoms with Crippen LogP contribution in [0.15, 0.2) is 79.8 Å². The highest BCUT2D eigenvalue weighted by atomic mass is 35.5. The Balaban J connectivity index is 1.51. The maximum absolute atomic E-state index is 12.7. The predicted octanol–water partition coefficient (Wildman–Crippen LogP) is 4.49. The molecule has 0 aliphatic heterocycles. The molecular weight excluding hydrogens is 422 g/mol. The molecule has 0 bridgehead atoms. The SMILES string of the molecule is Cc1c(SCc2cc(-c3ccc(Cl)cc3)on2)[nH]c(=O)n(Cc2ccccc2)c1=O. The van der Waals surface area contributed by atoms with Gasteiger partial charge < -0.3 is 9.51 Å². The van der Waals surface area contributed by atoms with Crippen molar-refractivity contribution in [1.82, 2.24) is 14.7 Å². The number of H-pyrrole nitrogens is 1. The van der Waals surface area contributed by atoms with Crippen molar-refractivity contribution >= 4 is 23.4 Å². The highest BCUT2D eigenvalue weighted by Crippen LogP contribution is 2.26. The van der Waals surface area contributed by atoms with E-state index in [0.717, 1.165) is 11.1 Å². The first-order valence-corrected chi connectivity index (χ1v) is 10.6. The zero-order chi connectivity index (χ0) is 21.1. The van der Waals surface area contributed by atoms with E-state index in [2.05, 4.69) is 10.1 Å². The third-order valence-electron chi connectivity index (χ3n) is 4.61. The molecule has 4 rings (SSSR count). The Bertz CT molecular complexity index is 1280. The lowest BCUT2D eigenvalue weighted by Crippen LogP contribution is -2.37. The summed E-state index contributed by atoms with van der Waals surface area (Å²) < 4.78 is 6.61. The normalized spacial score (nSPS) is 11.0. The fourth-order valence-electron chi connectivity index (χ4n) is 2.98. The molecule has 0 unspecified atom stereocenters. The minimum absolute atomic E-state index is 0.231. The number of benzene rings is 2. The molecule has 0 aliphatic carbocycles. The van der Waals surface area contributed by atoms with E-state index in [9.17, 15) is 9.59 Å². The van der Waals surface area contributed by atoms with Crippen molar-refractivity contribution in [1.29, 1.82) is 0 Å². The Morgan fingerprint density at radius 2 is 1.83 bits per heavy atom. The fourth-order valence-corrected chi connectivity index (χ4v) is 4.00. The van der Waals surface area contributed by atoms with Crippen LogP contribution >= 0.6 is 23.4 Å². The molecule has 0 atom stereocenters. The summed E-state index contributed by atoms with van der Waals surface area (Å²) in [5.74, 6) is 1.08. The van der Waals surface area contributed by atoms with Crippen molar-refractivity contribution in [3.63, 3.8) is 0 Å². The van der Waals surface area contributed by atoms with Crippen LogP contribution in [0.3, 0.4) is 0 Å². The quantitative estimate of drug-likeness (QED) is 0.353. The second kappa shape index (κ2) is 8.77. The molecule has 2 aromatic heterocycles. The molecule has 0 saturated carbocycles. The number of nitrogens with zero attached hydrogens (tertiary/aromatic N) is 2. The molecule has 30 heavy (non-hydrogen) atoms. The molecule has 2 aromatic carbocycles. The van der Waals surface area contributed by atoms with Crippen LogP contribution < -0.4 is 11.2 Å². The minimum atomic E-state index is -0.432. The van der Waals surface area contributed by atoms with Gasteiger partial charge in [-0.15, -0.1) is 11.8 Å². The van der Waals surface area contributed by atoms with Gasteiger partial charge in [0.15, 0.2) is 5.76 Å². The molecule has 152 valence electrons. The predicted molar refractivity (Wildman–Crippen MR) is 118 cm³/mol. The van der Waals surface area contributed by atoms with Crippen LogP contribution in [0.4, 0.5) is 0 Å². The summed E-state index contributed by atoms with van der Waals surface area (Å²) in [5, 5.41) is 5.26. The summed E-state index contributed by atoms with van der Waals surface area (Å²) in [6, 6.07) is 18.5. The lowest BCUT2D eigenvalue weighted by molar-refractivity contribution is 0.426. The monoisotopic (exact) mass is 439 g/mol. The molecule has 0 aliphatic rings. The number of rotatable bonds is 6. The Labute approximate surface area is 181 Å². The number of nitrogens with one attached hydrogen (secondary N) is 1. The van der Waals surface area contributed by atoms with Gasteiger partial charge >= 0.3 is 5.69 Å². The standard InChI is InChI=1S/C22H18ClN3O3S/c1-14-20(24-22(28)26(21(14)27)12-15-5-3-2-4-6-15)30-13-18-11-19(29-25-18)16-7-9-17(23)10-8-16/h2-11H,12-13H2,1H3,(H,24,28). The minimum Gasteiger partial charge on any atom is -0.356 e. The van der Waals surface area contributed by atoms with Gasteiger partial charge in [0.2, 0.25) is 0 Å². The summed E-state index contributed by atoms with van der Waals surface area (Å²) in [6.07, 6.45) is 0. The van der Waals surface area contributed by atoms with Gasteiger partial charge in [-0.1, -0.05) is 47.1 Å². The summed E-state index contributed by atoms with van der Waals surface area (Å²) >= 11 is 7.25. The molecule has 0 radical (unpaired) electrons. The van der Waals surface area contributed by atoms with Crippen LogP contribution in [0.1, 0.15) is 16.8 Å². The van der Waals surface area contributed by atoms with E-state index < -0.39 is 5.69 Å². The Morgan fingerprint density at radius 1 is 1.10 bits per heavy atom. The maximum atomic E-state index is 12.7. The van der Waals surface area contributed by atoms with Crippen molar-refractivity contribution < 1.29 is 4.52 Å². The molecule has 6 nitrogen and oxygen atoms in total. The third kappa shape index (κ3) is 4.42. The van der Waals surface area contributed by atoms with Crippen molar-refractivity contribution in [2.75, 3.05) is 0 Å². The van der Waals surface area contributed by atoms with Crippen molar-refractivity contribution in [2.24, 2.45) is 0 Å². The van der Waals surface area contributed by atoms with Crippen molar-refractivity contribution in [3.8, 4) is 11.3 Å². The summed E-state index contributed by atoms with van der Waals surface area (Å²) in [7, 11) is 0. The number of halogens is 1. The van der Waals surface area contributed by atoms with Crippen LogP contribution in [0, 0.1) is 6.92 Å². The average molecular weight is 440 g/mol. The first-order chi connectivity index (χ1) is 14.5.